The Morgan fingerprint density at radius 1 is 1.12 bits per heavy atom. The number of benzene rings is 2. The molecule has 1 aliphatic heterocycles. The molecule has 8 nitrogen and oxygen atoms in total. The van der Waals surface area contributed by atoms with Crippen LogP contribution in [0.2, 0.25) is 5.02 Å². The second kappa shape index (κ2) is 8.39. The Labute approximate surface area is 188 Å². The molecule has 32 heavy (non-hydrogen) atoms. The average molecular weight is 455 g/mol. The van der Waals surface area contributed by atoms with Gasteiger partial charge in [0.1, 0.15) is 17.6 Å². The SMILES string of the molecule is COc1cccc(C2/C(=C(\O)c3ccc(Cl)cc3)C(=O)C(=O)N2c2cc(C)on2)c1OC. The topological polar surface area (TPSA) is 102 Å². The highest BCUT2D eigenvalue weighted by Crippen LogP contribution is 2.47. The van der Waals surface area contributed by atoms with Crippen LogP contribution in [0.25, 0.3) is 5.76 Å². The van der Waals surface area contributed by atoms with Crippen LogP contribution in [0.15, 0.2) is 58.6 Å². The molecule has 1 unspecified atom stereocenters. The molecule has 9 heteroatoms. The van der Waals surface area contributed by atoms with E-state index in [9.17, 15) is 14.7 Å². The van der Waals surface area contributed by atoms with E-state index in [2.05, 4.69) is 5.16 Å². The van der Waals surface area contributed by atoms with Crippen LogP contribution in [0.3, 0.4) is 0 Å². The summed E-state index contributed by atoms with van der Waals surface area (Å²) in [5, 5.41) is 15.5. The molecule has 3 aromatic rings. The molecule has 0 radical (unpaired) electrons. The fourth-order valence-corrected chi connectivity index (χ4v) is 3.85. The van der Waals surface area contributed by atoms with Gasteiger partial charge >= 0.3 is 5.91 Å². The van der Waals surface area contributed by atoms with Gasteiger partial charge in [0, 0.05) is 22.2 Å². The molecule has 1 N–H and O–H groups in total. The Kier molecular flexibility index (Phi) is 5.63. The fraction of sp³-hybridized carbons (Fsp3) is 0.174. The van der Waals surface area contributed by atoms with Crippen molar-refractivity contribution in [3.05, 3.63) is 76.0 Å². The molecule has 0 spiro atoms. The molecule has 0 aliphatic carbocycles. The van der Waals surface area contributed by atoms with Gasteiger partial charge in [0.25, 0.3) is 5.78 Å². The summed E-state index contributed by atoms with van der Waals surface area (Å²) >= 11 is 5.95. The van der Waals surface area contributed by atoms with Crippen LogP contribution in [0.1, 0.15) is 22.9 Å². The molecule has 1 aliphatic rings. The van der Waals surface area contributed by atoms with Crippen molar-refractivity contribution in [2.75, 3.05) is 19.1 Å². The summed E-state index contributed by atoms with van der Waals surface area (Å²) in [5.74, 6) is -0.771. The Balaban J connectivity index is 2.01. The second-order valence-electron chi connectivity index (χ2n) is 7.05. The summed E-state index contributed by atoms with van der Waals surface area (Å²) in [5.41, 5.74) is 0.641. The van der Waals surface area contributed by atoms with Gasteiger partial charge in [-0.25, -0.2) is 0 Å². The standard InChI is InChI=1S/C23H19ClN2O6/c1-12-11-17(25-32-12)26-19(15-5-4-6-16(30-2)22(15)31-3)18(21(28)23(26)29)20(27)13-7-9-14(24)10-8-13/h4-11,19,27H,1-3H3/b20-18+. The van der Waals surface area contributed by atoms with Crippen molar-refractivity contribution in [3.8, 4) is 11.5 Å². The van der Waals surface area contributed by atoms with Gasteiger partial charge in [0.2, 0.25) is 0 Å². The third-order valence-electron chi connectivity index (χ3n) is 5.15. The minimum absolute atomic E-state index is 0.121. The normalized spacial score (nSPS) is 17.6. The molecule has 1 fully saturated rings. The average Bonchev–Trinajstić information content (AvgIpc) is 3.33. The number of carbonyl (C=O) groups is 2. The highest BCUT2D eigenvalue weighted by Gasteiger charge is 2.49. The number of methoxy groups -OCH3 is 2. The first kappa shape index (κ1) is 21.5. The fourth-order valence-electron chi connectivity index (χ4n) is 3.72. The van der Waals surface area contributed by atoms with E-state index in [0.717, 1.165) is 0 Å². The van der Waals surface area contributed by atoms with E-state index in [4.69, 9.17) is 25.6 Å². The molecule has 1 amide bonds. The highest BCUT2D eigenvalue weighted by molar-refractivity contribution is 6.51. The number of para-hydroxylation sites is 1. The molecule has 1 atom stereocenters. The number of aliphatic hydroxyl groups excluding tert-OH is 1. The number of nitrogens with zero attached hydrogens (tertiary/aromatic N) is 2. The van der Waals surface area contributed by atoms with Crippen molar-refractivity contribution in [1.29, 1.82) is 0 Å². The molecule has 0 saturated carbocycles. The zero-order chi connectivity index (χ0) is 23.0. The maximum atomic E-state index is 13.1. The van der Waals surface area contributed by atoms with Crippen LogP contribution >= 0.6 is 11.6 Å². The zero-order valence-corrected chi connectivity index (χ0v) is 18.2. The van der Waals surface area contributed by atoms with Crippen LogP contribution in [0, 0.1) is 6.92 Å². The molecule has 0 bridgehead atoms. The Hall–Kier alpha value is -3.78. The minimum Gasteiger partial charge on any atom is -0.507 e. The predicted octanol–water partition coefficient (Wildman–Crippen LogP) is 4.28. The van der Waals surface area contributed by atoms with E-state index in [0.29, 0.717) is 33.4 Å². The van der Waals surface area contributed by atoms with Gasteiger partial charge in [0.05, 0.1) is 19.8 Å². The van der Waals surface area contributed by atoms with E-state index >= 15 is 0 Å². The second-order valence-corrected chi connectivity index (χ2v) is 7.49. The van der Waals surface area contributed by atoms with Crippen molar-refractivity contribution >= 4 is 34.9 Å². The Morgan fingerprint density at radius 3 is 2.44 bits per heavy atom. The van der Waals surface area contributed by atoms with Crippen molar-refractivity contribution in [1.82, 2.24) is 5.16 Å². The van der Waals surface area contributed by atoms with Crippen molar-refractivity contribution in [3.63, 3.8) is 0 Å². The summed E-state index contributed by atoms with van der Waals surface area (Å²) in [4.78, 5) is 27.4. The lowest BCUT2D eigenvalue weighted by Gasteiger charge is -2.25. The van der Waals surface area contributed by atoms with Gasteiger partial charge in [-0.3, -0.25) is 14.5 Å². The number of halogens is 1. The largest absolute Gasteiger partial charge is 0.507 e. The Bertz CT molecular complexity index is 1230. The molecule has 2 aromatic carbocycles. The number of aliphatic hydroxyl groups is 1. The van der Waals surface area contributed by atoms with Crippen LogP contribution in [0.4, 0.5) is 5.82 Å². The van der Waals surface area contributed by atoms with Crippen molar-refractivity contribution in [2.45, 2.75) is 13.0 Å². The molecular weight excluding hydrogens is 436 g/mol. The predicted molar refractivity (Wildman–Crippen MR) is 117 cm³/mol. The van der Waals surface area contributed by atoms with Crippen molar-refractivity contribution in [2.24, 2.45) is 0 Å². The van der Waals surface area contributed by atoms with Crippen LogP contribution in [0.5, 0.6) is 11.5 Å². The van der Waals surface area contributed by atoms with Crippen molar-refractivity contribution < 1.29 is 28.7 Å². The highest BCUT2D eigenvalue weighted by atomic mass is 35.5. The first-order chi connectivity index (χ1) is 15.4. The number of hydrogen-bond acceptors (Lipinski definition) is 7. The molecule has 1 saturated heterocycles. The van der Waals surface area contributed by atoms with Gasteiger partial charge in [-0.15, -0.1) is 0 Å². The third-order valence-corrected chi connectivity index (χ3v) is 5.40. The number of Topliss-reactive ketones (excluding diaryl/α,β-unsaturated/α-hetero) is 1. The first-order valence-corrected chi connectivity index (χ1v) is 9.96. The lowest BCUT2D eigenvalue weighted by Crippen LogP contribution is -2.30. The van der Waals surface area contributed by atoms with E-state index in [1.54, 1.807) is 49.4 Å². The van der Waals surface area contributed by atoms with E-state index in [-0.39, 0.29) is 17.2 Å². The lowest BCUT2D eigenvalue weighted by atomic mass is 9.94. The number of hydrogen-bond donors (Lipinski definition) is 1. The number of amides is 1. The molecular formula is C23H19ClN2O6. The summed E-state index contributed by atoms with van der Waals surface area (Å²) in [6.45, 7) is 1.67. The van der Waals surface area contributed by atoms with E-state index < -0.39 is 17.7 Å². The number of anilines is 1. The van der Waals surface area contributed by atoms with Crippen LogP contribution < -0.4 is 14.4 Å². The van der Waals surface area contributed by atoms with Gasteiger partial charge in [-0.1, -0.05) is 28.9 Å². The maximum Gasteiger partial charge on any atom is 0.301 e. The number of ketones is 1. The molecule has 164 valence electrons. The third kappa shape index (κ3) is 3.48. The number of aromatic nitrogens is 1. The zero-order valence-electron chi connectivity index (χ0n) is 17.5. The monoisotopic (exact) mass is 454 g/mol. The molecule has 1 aromatic heterocycles. The van der Waals surface area contributed by atoms with Crippen LogP contribution in [-0.2, 0) is 9.59 Å². The van der Waals surface area contributed by atoms with Gasteiger partial charge in [0.15, 0.2) is 17.3 Å². The summed E-state index contributed by atoms with van der Waals surface area (Å²) in [6.07, 6.45) is 0. The summed E-state index contributed by atoms with van der Waals surface area (Å²) < 4.78 is 16.1. The Morgan fingerprint density at radius 2 is 1.84 bits per heavy atom. The van der Waals surface area contributed by atoms with Gasteiger partial charge in [-0.2, -0.15) is 0 Å². The van der Waals surface area contributed by atoms with E-state index in [1.165, 1.54) is 25.2 Å². The van der Waals surface area contributed by atoms with Gasteiger partial charge < -0.3 is 19.1 Å². The van der Waals surface area contributed by atoms with Crippen LogP contribution in [-0.4, -0.2) is 36.2 Å². The smallest absolute Gasteiger partial charge is 0.301 e. The number of rotatable bonds is 5. The number of ether oxygens (including phenoxy) is 2. The lowest BCUT2D eigenvalue weighted by molar-refractivity contribution is -0.132. The quantitative estimate of drug-likeness (QED) is 0.348. The molecule has 2 heterocycles. The summed E-state index contributed by atoms with van der Waals surface area (Å²) in [7, 11) is 2.93. The van der Waals surface area contributed by atoms with Gasteiger partial charge in [-0.05, 0) is 37.3 Å². The van der Waals surface area contributed by atoms with E-state index in [1.807, 2.05) is 0 Å². The number of carbonyl (C=O) groups excluding carboxylic acids is 2. The first-order valence-electron chi connectivity index (χ1n) is 9.58. The summed E-state index contributed by atoms with van der Waals surface area (Å²) in [6, 6.07) is 11.8. The number of aryl methyl sites for hydroxylation is 1. The molecule has 4 rings (SSSR count). The minimum atomic E-state index is -1.04. The maximum absolute atomic E-state index is 13.1.